The summed E-state index contributed by atoms with van der Waals surface area (Å²) in [5.41, 5.74) is 9.40. The van der Waals surface area contributed by atoms with Crippen LogP contribution < -0.4 is 21.6 Å². The molecule has 37 heavy (non-hydrogen) atoms. The normalized spacial score (nSPS) is 17.1. The number of hydrogen-bond acceptors (Lipinski definition) is 8. The molecule has 1 aliphatic carbocycles. The maximum Gasteiger partial charge on any atom is 0.148 e. The summed E-state index contributed by atoms with van der Waals surface area (Å²) in [6.07, 6.45) is 5.75. The van der Waals surface area contributed by atoms with Gasteiger partial charge in [-0.15, -0.1) is 5.53 Å². The van der Waals surface area contributed by atoms with Gasteiger partial charge < -0.3 is 21.2 Å². The molecule has 1 unspecified atom stereocenters. The lowest BCUT2D eigenvalue weighted by molar-refractivity contribution is 0.260. The summed E-state index contributed by atoms with van der Waals surface area (Å²) < 4.78 is 13.8. The van der Waals surface area contributed by atoms with Gasteiger partial charge in [-0.25, -0.2) is 4.39 Å². The van der Waals surface area contributed by atoms with Gasteiger partial charge in [0, 0.05) is 42.1 Å². The van der Waals surface area contributed by atoms with Crippen molar-refractivity contribution in [2.45, 2.75) is 45.1 Å². The van der Waals surface area contributed by atoms with Crippen molar-refractivity contribution in [3.8, 4) is 11.8 Å². The molecule has 1 fully saturated rings. The number of nitriles is 1. The van der Waals surface area contributed by atoms with Crippen LogP contribution in [-0.4, -0.2) is 35.5 Å². The molecular formula is C27H31BFN7O. The summed E-state index contributed by atoms with van der Waals surface area (Å²) >= 11 is 0. The average Bonchev–Trinajstić information content (AvgIpc) is 3.58. The van der Waals surface area contributed by atoms with E-state index in [0.717, 1.165) is 24.1 Å². The fourth-order valence-electron chi connectivity index (χ4n) is 4.48. The van der Waals surface area contributed by atoms with Gasteiger partial charge in [-0.3, -0.25) is 9.99 Å². The first-order valence-corrected chi connectivity index (χ1v) is 12.4. The van der Waals surface area contributed by atoms with Crippen LogP contribution in [0.4, 0.5) is 15.8 Å². The highest BCUT2D eigenvalue weighted by Gasteiger charge is 2.38. The fraction of sp³-hybridized carbons (Fsp3) is 0.333. The molecule has 8 nitrogen and oxygen atoms in total. The van der Waals surface area contributed by atoms with Crippen molar-refractivity contribution >= 4 is 30.1 Å². The average molecular weight is 499 g/mol. The lowest BCUT2D eigenvalue weighted by Crippen LogP contribution is -2.45. The summed E-state index contributed by atoms with van der Waals surface area (Å²) in [5, 5.41) is 30.4. The number of aromatic hydroxyl groups is 1. The summed E-state index contributed by atoms with van der Waals surface area (Å²) in [4.78, 5) is 4.35. The molecule has 1 aromatic heterocycles. The fourth-order valence-corrected chi connectivity index (χ4v) is 4.48. The SMILES string of the molecule is BC(Nc1cc(O)c2ncc(C#N)c(NCC(C)(C)C)c2c1)(C1=CN(C2CC2)NN1)c1ccc(F)cc1. The Morgan fingerprint density at radius 3 is 2.62 bits per heavy atom. The number of anilines is 2. The molecule has 1 aliphatic heterocycles. The molecule has 5 N–H and O–H groups in total. The Balaban J connectivity index is 1.60. The van der Waals surface area contributed by atoms with Gasteiger partial charge in [-0.1, -0.05) is 32.9 Å². The number of phenols is 1. The van der Waals surface area contributed by atoms with E-state index in [2.05, 4.69) is 53.4 Å². The first-order valence-electron chi connectivity index (χ1n) is 12.4. The minimum absolute atomic E-state index is 0.00385. The van der Waals surface area contributed by atoms with Crippen molar-refractivity contribution in [2.75, 3.05) is 17.2 Å². The third kappa shape index (κ3) is 5.00. The van der Waals surface area contributed by atoms with Crippen LogP contribution >= 0.6 is 0 Å². The van der Waals surface area contributed by atoms with Gasteiger partial charge in [0.25, 0.3) is 0 Å². The molecule has 1 saturated carbocycles. The van der Waals surface area contributed by atoms with E-state index in [1.54, 1.807) is 18.2 Å². The summed E-state index contributed by atoms with van der Waals surface area (Å²) in [6, 6.07) is 12.5. The molecule has 5 rings (SSSR count). The van der Waals surface area contributed by atoms with Crippen LogP contribution in [0.3, 0.4) is 0 Å². The summed E-state index contributed by atoms with van der Waals surface area (Å²) in [5.74, 6) is -0.318. The molecular weight excluding hydrogens is 468 g/mol. The lowest BCUT2D eigenvalue weighted by Gasteiger charge is -2.34. The molecule has 2 heterocycles. The van der Waals surface area contributed by atoms with Gasteiger partial charge in [-0.05, 0) is 42.0 Å². The Morgan fingerprint density at radius 2 is 1.97 bits per heavy atom. The van der Waals surface area contributed by atoms with Crippen molar-refractivity contribution < 1.29 is 9.50 Å². The number of hydrogen-bond donors (Lipinski definition) is 5. The van der Waals surface area contributed by atoms with E-state index < -0.39 is 5.44 Å². The van der Waals surface area contributed by atoms with Crippen molar-refractivity contribution in [2.24, 2.45) is 5.41 Å². The smallest absolute Gasteiger partial charge is 0.148 e. The Kier molecular flexibility index (Phi) is 6.12. The Hall–Kier alpha value is -3.97. The highest BCUT2D eigenvalue weighted by molar-refractivity contribution is 6.19. The second kappa shape index (κ2) is 9.16. The number of phenolic OH excluding ortho intramolecular Hbond substituents is 1. The third-order valence-electron chi connectivity index (χ3n) is 6.75. The number of nitrogens with zero attached hydrogens (tertiary/aromatic N) is 3. The third-order valence-corrected chi connectivity index (χ3v) is 6.75. The molecule has 1 atom stereocenters. The Morgan fingerprint density at radius 1 is 1.24 bits per heavy atom. The van der Waals surface area contributed by atoms with Gasteiger partial charge in [0.15, 0.2) is 0 Å². The molecule has 2 aromatic carbocycles. The van der Waals surface area contributed by atoms with E-state index in [1.807, 2.05) is 25.1 Å². The van der Waals surface area contributed by atoms with Gasteiger partial charge in [0.2, 0.25) is 0 Å². The second-order valence-corrected chi connectivity index (χ2v) is 11.1. The zero-order chi connectivity index (χ0) is 26.4. The van der Waals surface area contributed by atoms with Crippen LogP contribution in [0.15, 0.2) is 54.5 Å². The van der Waals surface area contributed by atoms with Crippen LogP contribution in [-0.2, 0) is 5.44 Å². The lowest BCUT2D eigenvalue weighted by atomic mass is 9.69. The minimum atomic E-state index is -0.802. The highest BCUT2D eigenvalue weighted by Crippen LogP contribution is 2.38. The zero-order valence-electron chi connectivity index (χ0n) is 21.5. The number of rotatable bonds is 7. The van der Waals surface area contributed by atoms with Crippen molar-refractivity contribution in [1.29, 1.82) is 5.26 Å². The van der Waals surface area contributed by atoms with Crippen LogP contribution in [0.1, 0.15) is 44.7 Å². The minimum Gasteiger partial charge on any atom is -0.506 e. The number of fused-ring (bicyclic) bond motifs is 1. The largest absolute Gasteiger partial charge is 0.506 e. The van der Waals surface area contributed by atoms with E-state index in [4.69, 9.17) is 0 Å². The second-order valence-electron chi connectivity index (χ2n) is 11.1. The van der Waals surface area contributed by atoms with Crippen molar-refractivity contribution in [3.63, 3.8) is 0 Å². The van der Waals surface area contributed by atoms with E-state index in [0.29, 0.717) is 40.4 Å². The summed E-state index contributed by atoms with van der Waals surface area (Å²) in [7, 11) is 2.00. The zero-order valence-corrected chi connectivity index (χ0v) is 21.5. The topological polar surface area (TPSA) is 108 Å². The number of hydrazine groups is 2. The molecule has 0 saturated heterocycles. The molecule has 0 radical (unpaired) electrons. The first-order chi connectivity index (χ1) is 17.6. The number of benzene rings is 2. The number of nitrogens with one attached hydrogen (secondary N) is 4. The van der Waals surface area contributed by atoms with Crippen molar-refractivity contribution in [1.82, 2.24) is 21.0 Å². The molecule has 10 heteroatoms. The predicted octanol–water partition coefficient (Wildman–Crippen LogP) is 3.64. The van der Waals surface area contributed by atoms with E-state index in [1.165, 1.54) is 18.3 Å². The van der Waals surface area contributed by atoms with Gasteiger partial charge >= 0.3 is 0 Å². The van der Waals surface area contributed by atoms with Gasteiger partial charge in [0.05, 0.1) is 22.4 Å². The molecule has 190 valence electrons. The monoisotopic (exact) mass is 499 g/mol. The number of aromatic nitrogens is 1. The van der Waals surface area contributed by atoms with Crippen LogP contribution in [0.5, 0.6) is 5.75 Å². The summed E-state index contributed by atoms with van der Waals surface area (Å²) in [6.45, 7) is 6.95. The van der Waals surface area contributed by atoms with Gasteiger partial charge in [0.1, 0.15) is 31.0 Å². The van der Waals surface area contributed by atoms with Gasteiger partial charge in [-0.2, -0.15) is 5.26 Å². The Bertz CT molecular complexity index is 1410. The first kappa shape index (κ1) is 24.7. The van der Waals surface area contributed by atoms with E-state index in [-0.39, 0.29) is 17.0 Å². The van der Waals surface area contributed by atoms with Crippen LogP contribution in [0.25, 0.3) is 10.9 Å². The van der Waals surface area contributed by atoms with Crippen molar-refractivity contribution in [3.05, 3.63) is 71.4 Å². The maximum atomic E-state index is 13.8. The van der Waals surface area contributed by atoms with Crippen LogP contribution in [0.2, 0.25) is 0 Å². The highest BCUT2D eigenvalue weighted by atomic mass is 19.1. The molecule has 2 aliphatic rings. The quantitative estimate of drug-likeness (QED) is 0.314. The van der Waals surface area contributed by atoms with Crippen LogP contribution in [0, 0.1) is 22.6 Å². The van der Waals surface area contributed by atoms with E-state index >= 15 is 0 Å². The predicted molar refractivity (Wildman–Crippen MR) is 146 cm³/mol. The molecule has 0 spiro atoms. The Labute approximate surface area is 216 Å². The molecule has 0 amide bonds. The van der Waals surface area contributed by atoms with E-state index in [9.17, 15) is 14.8 Å². The molecule has 3 aromatic rings. The number of pyridine rings is 1. The number of halogens is 1. The standard InChI is InChI=1S/C27H31BFN7O/c1-26(2,3)15-32-24-16(12-30)13-31-25-21(24)10-19(11-22(25)37)33-27(28,17-4-6-18(29)7-5-17)23-14-36(35-34-23)20-8-9-20/h4-7,10-11,13-14,20,33-35,37H,8-9,15,28H2,1-3H3,(H,31,32). The maximum absolute atomic E-state index is 13.8. The molecule has 0 bridgehead atoms.